The van der Waals surface area contributed by atoms with Crippen molar-refractivity contribution in [3.63, 3.8) is 0 Å². The van der Waals surface area contributed by atoms with Gasteiger partial charge in [-0.15, -0.1) is 0 Å². The second-order valence-electron chi connectivity index (χ2n) is 7.01. The topological polar surface area (TPSA) is 79.4 Å². The Kier molecular flexibility index (Phi) is 6.01. The molecule has 0 saturated carbocycles. The van der Waals surface area contributed by atoms with E-state index in [2.05, 4.69) is 10.3 Å². The molecule has 1 heterocycles. The van der Waals surface area contributed by atoms with Crippen LogP contribution in [0.5, 0.6) is 0 Å². The van der Waals surface area contributed by atoms with Crippen LogP contribution < -0.4 is 9.62 Å². The van der Waals surface area contributed by atoms with Crippen molar-refractivity contribution in [3.05, 3.63) is 96.6 Å². The minimum Gasteiger partial charge on any atom is -0.322 e. The highest BCUT2D eigenvalue weighted by Crippen LogP contribution is 2.29. The van der Waals surface area contributed by atoms with Gasteiger partial charge in [0.15, 0.2) is 0 Å². The molecule has 6 nitrogen and oxygen atoms in total. The van der Waals surface area contributed by atoms with Gasteiger partial charge in [0.2, 0.25) is 5.91 Å². The van der Waals surface area contributed by atoms with E-state index >= 15 is 0 Å². The zero-order chi connectivity index (χ0) is 23.6. The van der Waals surface area contributed by atoms with E-state index in [0.717, 1.165) is 28.6 Å². The summed E-state index contributed by atoms with van der Waals surface area (Å²) in [7, 11) is -4.33. The first-order valence-corrected chi connectivity index (χ1v) is 11.1. The van der Waals surface area contributed by atoms with Gasteiger partial charge in [0.05, 0.1) is 16.3 Å². The molecule has 0 radical (unpaired) electrons. The lowest BCUT2D eigenvalue weighted by Crippen LogP contribution is -2.38. The quantitative estimate of drug-likeness (QED) is 0.450. The maximum absolute atomic E-state index is 14.0. The molecule has 1 aromatic heterocycles. The van der Waals surface area contributed by atoms with Crippen LogP contribution >= 0.6 is 0 Å². The summed E-state index contributed by atoms with van der Waals surface area (Å²) in [6.07, 6.45) is 2.94. The number of anilines is 2. The Balaban J connectivity index is 1.75. The minimum absolute atomic E-state index is 0.0252. The Morgan fingerprint density at radius 2 is 1.67 bits per heavy atom. The Hall–Kier alpha value is -3.92. The van der Waals surface area contributed by atoms with E-state index < -0.39 is 39.9 Å². The van der Waals surface area contributed by atoms with Gasteiger partial charge in [-0.2, -0.15) is 0 Å². The standard InChI is InChI=1S/C23H16F3N3O3S/c24-16-4-7-18(8-5-16)29(14-23(30)28-21-9-6-17(25)12-20(21)26)33(31,32)22-3-1-2-15-13-27-11-10-19(15)22/h1-13H,14H2,(H,28,30). The van der Waals surface area contributed by atoms with Gasteiger partial charge < -0.3 is 5.32 Å². The van der Waals surface area contributed by atoms with Crippen LogP contribution in [-0.4, -0.2) is 25.9 Å². The SMILES string of the molecule is O=C(CN(c1ccc(F)cc1)S(=O)(=O)c1cccc2cnccc12)Nc1ccc(F)cc1F. The van der Waals surface area contributed by atoms with Crippen LogP contribution in [-0.2, 0) is 14.8 Å². The normalized spacial score (nSPS) is 11.4. The maximum Gasteiger partial charge on any atom is 0.265 e. The van der Waals surface area contributed by atoms with E-state index in [4.69, 9.17) is 0 Å². The molecule has 0 spiro atoms. The van der Waals surface area contributed by atoms with Crippen LogP contribution in [0, 0.1) is 17.5 Å². The van der Waals surface area contributed by atoms with E-state index in [9.17, 15) is 26.4 Å². The van der Waals surface area contributed by atoms with Crippen LogP contribution in [0.1, 0.15) is 0 Å². The number of benzene rings is 3. The fourth-order valence-electron chi connectivity index (χ4n) is 3.27. The Morgan fingerprint density at radius 1 is 0.939 bits per heavy atom. The van der Waals surface area contributed by atoms with Crippen molar-refractivity contribution in [2.45, 2.75) is 4.90 Å². The smallest absolute Gasteiger partial charge is 0.265 e. The summed E-state index contributed by atoms with van der Waals surface area (Å²) in [5, 5.41) is 3.18. The monoisotopic (exact) mass is 471 g/mol. The molecule has 10 heteroatoms. The average Bonchev–Trinajstić information content (AvgIpc) is 2.79. The second-order valence-corrected chi connectivity index (χ2v) is 8.84. The minimum atomic E-state index is -4.33. The number of sulfonamides is 1. The molecule has 0 aliphatic carbocycles. The summed E-state index contributed by atoms with van der Waals surface area (Å²) in [5.74, 6) is -3.31. The molecule has 0 aliphatic rings. The van der Waals surface area contributed by atoms with Crippen LogP contribution in [0.25, 0.3) is 10.8 Å². The van der Waals surface area contributed by atoms with Gasteiger partial charge in [0, 0.05) is 29.2 Å². The predicted molar refractivity (Wildman–Crippen MR) is 118 cm³/mol. The number of halogens is 3. The molecule has 4 rings (SSSR count). The molecule has 1 amide bonds. The summed E-state index contributed by atoms with van der Waals surface area (Å²) in [6, 6.07) is 13.2. The summed E-state index contributed by atoms with van der Waals surface area (Å²) in [5.41, 5.74) is -0.286. The number of hydrogen-bond acceptors (Lipinski definition) is 4. The zero-order valence-electron chi connectivity index (χ0n) is 16.9. The molecule has 168 valence electrons. The van der Waals surface area contributed by atoms with Gasteiger partial charge in [-0.1, -0.05) is 12.1 Å². The fraction of sp³-hybridized carbons (Fsp3) is 0.0435. The fourth-order valence-corrected chi connectivity index (χ4v) is 4.91. The number of pyridine rings is 1. The van der Waals surface area contributed by atoms with Gasteiger partial charge in [-0.05, 0) is 48.5 Å². The highest BCUT2D eigenvalue weighted by Gasteiger charge is 2.29. The number of carbonyl (C=O) groups is 1. The Bertz CT molecular complexity index is 1440. The number of rotatable bonds is 6. The first-order chi connectivity index (χ1) is 15.8. The van der Waals surface area contributed by atoms with Gasteiger partial charge >= 0.3 is 0 Å². The Morgan fingerprint density at radius 3 is 2.39 bits per heavy atom. The molecule has 1 N–H and O–H groups in total. The van der Waals surface area contributed by atoms with Crippen LogP contribution in [0.3, 0.4) is 0 Å². The molecule has 4 aromatic rings. The second kappa shape index (κ2) is 8.91. The molecular formula is C23H16F3N3O3S. The highest BCUT2D eigenvalue weighted by molar-refractivity contribution is 7.93. The number of fused-ring (bicyclic) bond motifs is 1. The van der Waals surface area contributed by atoms with Crippen molar-refractivity contribution in [2.75, 3.05) is 16.2 Å². The lowest BCUT2D eigenvalue weighted by Gasteiger charge is -2.25. The van der Waals surface area contributed by atoms with Gasteiger partial charge in [-0.3, -0.25) is 14.1 Å². The largest absolute Gasteiger partial charge is 0.322 e. The van der Waals surface area contributed by atoms with Crippen LogP contribution in [0.15, 0.2) is 84.0 Å². The molecule has 0 bridgehead atoms. The number of carbonyl (C=O) groups excluding carboxylic acids is 1. The summed E-state index contributed by atoms with van der Waals surface area (Å²) >= 11 is 0. The lowest BCUT2D eigenvalue weighted by atomic mass is 10.2. The van der Waals surface area contributed by atoms with E-state index in [1.807, 2.05) is 0 Å². The molecular weight excluding hydrogens is 455 g/mol. The molecule has 0 atom stereocenters. The molecule has 0 saturated heterocycles. The van der Waals surface area contributed by atoms with Crippen molar-refractivity contribution >= 4 is 38.1 Å². The maximum atomic E-state index is 14.0. The summed E-state index contributed by atoms with van der Waals surface area (Å²) in [6.45, 7) is -0.744. The lowest BCUT2D eigenvalue weighted by molar-refractivity contribution is -0.114. The van der Waals surface area contributed by atoms with Crippen molar-refractivity contribution in [2.24, 2.45) is 0 Å². The van der Waals surface area contributed by atoms with Gasteiger partial charge in [-0.25, -0.2) is 21.6 Å². The average molecular weight is 471 g/mol. The molecule has 0 unspecified atom stereocenters. The molecule has 3 aromatic carbocycles. The highest BCUT2D eigenvalue weighted by atomic mass is 32.2. The Labute approximate surface area is 187 Å². The zero-order valence-corrected chi connectivity index (χ0v) is 17.7. The van der Waals surface area contributed by atoms with Crippen molar-refractivity contribution in [1.82, 2.24) is 4.98 Å². The van der Waals surface area contributed by atoms with Crippen LogP contribution in [0.2, 0.25) is 0 Å². The van der Waals surface area contributed by atoms with E-state index in [-0.39, 0.29) is 16.3 Å². The molecule has 0 aliphatic heterocycles. The van der Waals surface area contributed by atoms with Crippen molar-refractivity contribution < 1.29 is 26.4 Å². The van der Waals surface area contributed by atoms with E-state index in [1.54, 1.807) is 6.07 Å². The van der Waals surface area contributed by atoms with Crippen molar-refractivity contribution in [3.8, 4) is 0 Å². The number of amides is 1. The van der Waals surface area contributed by atoms with Gasteiger partial charge in [0.25, 0.3) is 10.0 Å². The molecule has 0 fully saturated rings. The number of nitrogens with zero attached hydrogens (tertiary/aromatic N) is 2. The summed E-state index contributed by atoms with van der Waals surface area (Å²) in [4.78, 5) is 16.6. The first-order valence-electron chi connectivity index (χ1n) is 9.61. The number of hydrogen-bond donors (Lipinski definition) is 1. The van der Waals surface area contributed by atoms with E-state index in [1.165, 1.54) is 42.7 Å². The van der Waals surface area contributed by atoms with Crippen molar-refractivity contribution in [1.29, 1.82) is 0 Å². The predicted octanol–water partition coefficient (Wildman–Crippen LogP) is 4.49. The first kappa shape index (κ1) is 22.3. The third-order valence-corrected chi connectivity index (χ3v) is 6.65. The summed E-state index contributed by atoms with van der Waals surface area (Å²) < 4.78 is 68.6. The van der Waals surface area contributed by atoms with E-state index in [0.29, 0.717) is 16.8 Å². The third-order valence-electron chi connectivity index (χ3n) is 4.82. The molecule has 33 heavy (non-hydrogen) atoms. The van der Waals surface area contributed by atoms with Gasteiger partial charge in [0.1, 0.15) is 24.0 Å². The van der Waals surface area contributed by atoms with Crippen LogP contribution in [0.4, 0.5) is 24.5 Å². The third kappa shape index (κ3) is 4.65. The number of nitrogens with one attached hydrogen (secondary N) is 1. The number of aromatic nitrogens is 1.